The van der Waals surface area contributed by atoms with E-state index in [4.69, 9.17) is 4.99 Å². The summed E-state index contributed by atoms with van der Waals surface area (Å²) in [5.41, 5.74) is 1.28. The lowest BCUT2D eigenvalue weighted by Gasteiger charge is -2.47. The van der Waals surface area contributed by atoms with Crippen LogP contribution in [0.3, 0.4) is 0 Å². The molecular weight excluding hydrogens is 338 g/mol. The average molecular weight is 362 g/mol. The molecule has 0 saturated heterocycles. The van der Waals surface area contributed by atoms with Gasteiger partial charge in [-0.05, 0) is 73.5 Å². The number of halogens is 1. The van der Waals surface area contributed by atoms with E-state index in [2.05, 4.69) is 15.9 Å². The highest BCUT2D eigenvalue weighted by Gasteiger charge is 2.48. The molecule has 0 aromatic heterocycles. The van der Waals surface area contributed by atoms with Gasteiger partial charge in [0, 0.05) is 22.8 Å². The van der Waals surface area contributed by atoms with Crippen LogP contribution in [0.5, 0.6) is 5.75 Å². The molecule has 1 N–H and O–H groups in total. The van der Waals surface area contributed by atoms with E-state index < -0.39 is 0 Å². The summed E-state index contributed by atoms with van der Waals surface area (Å²) in [6.07, 6.45) is 11.9. The molecule has 0 amide bonds. The smallest absolute Gasteiger partial charge is 0.124 e. The zero-order chi connectivity index (χ0) is 15.2. The monoisotopic (exact) mass is 361 g/mol. The van der Waals surface area contributed by atoms with Crippen LogP contribution in [0.4, 0.5) is 0 Å². The van der Waals surface area contributed by atoms with Crippen LogP contribution >= 0.6 is 15.9 Å². The van der Waals surface area contributed by atoms with Crippen molar-refractivity contribution >= 4 is 22.1 Å². The van der Waals surface area contributed by atoms with Crippen molar-refractivity contribution in [3.63, 3.8) is 0 Å². The van der Waals surface area contributed by atoms with Crippen LogP contribution in [-0.2, 0) is 0 Å². The number of hydrogen-bond donors (Lipinski definition) is 1. The van der Waals surface area contributed by atoms with Crippen molar-refractivity contribution in [2.24, 2.45) is 28.2 Å². The Morgan fingerprint density at radius 2 is 1.82 bits per heavy atom. The van der Waals surface area contributed by atoms with Crippen molar-refractivity contribution in [3.8, 4) is 5.75 Å². The van der Waals surface area contributed by atoms with Crippen LogP contribution in [-0.4, -0.2) is 17.9 Å². The molecule has 0 unspecified atom stereocenters. The SMILES string of the molecule is Oc1ccc(Br)cc1C=NCC12CC3C[C@H](CC[C@@H](C3)C1)C2. The number of fused-ring (bicyclic) bond motifs is 1. The molecule has 1 aromatic carbocycles. The maximum Gasteiger partial charge on any atom is 0.124 e. The molecule has 0 radical (unpaired) electrons. The Morgan fingerprint density at radius 3 is 2.55 bits per heavy atom. The Bertz CT molecular complexity index is 581. The fourth-order valence-electron chi connectivity index (χ4n) is 5.53. The summed E-state index contributed by atoms with van der Waals surface area (Å²) in [6.45, 7) is 0.947. The third-order valence-electron chi connectivity index (χ3n) is 6.13. The van der Waals surface area contributed by atoms with Gasteiger partial charge in [-0.25, -0.2) is 0 Å². The van der Waals surface area contributed by atoms with Gasteiger partial charge in [0.2, 0.25) is 0 Å². The number of benzene rings is 1. The maximum absolute atomic E-state index is 9.93. The molecule has 3 heteroatoms. The third kappa shape index (κ3) is 2.84. The second-order valence-corrected chi connectivity index (χ2v) is 8.85. The highest BCUT2D eigenvalue weighted by molar-refractivity contribution is 9.10. The van der Waals surface area contributed by atoms with E-state index in [1.807, 2.05) is 18.3 Å². The molecule has 1 aromatic rings. The van der Waals surface area contributed by atoms with Crippen molar-refractivity contribution in [3.05, 3.63) is 28.2 Å². The first-order valence-corrected chi connectivity index (χ1v) is 9.40. The van der Waals surface area contributed by atoms with E-state index in [1.54, 1.807) is 6.07 Å². The van der Waals surface area contributed by atoms with Gasteiger partial charge in [-0.2, -0.15) is 0 Å². The Morgan fingerprint density at radius 1 is 1.14 bits per heavy atom. The molecule has 0 heterocycles. The normalized spacial score (nSPS) is 36.9. The molecule has 118 valence electrons. The summed E-state index contributed by atoms with van der Waals surface area (Å²) in [5.74, 6) is 3.20. The maximum atomic E-state index is 9.93. The van der Waals surface area contributed by atoms with Crippen molar-refractivity contribution in [1.82, 2.24) is 0 Å². The van der Waals surface area contributed by atoms with Gasteiger partial charge < -0.3 is 5.11 Å². The number of rotatable bonds is 3. The number of phenolic OH excluding ortho intramolecular Hbond substituents is 1. The van der Waals surface area contributed by atoms with Gasteiger partial charge in [-0.15, -0.1) is 0 Å². The van der Waals surface area contributed by atoms with Crippen LogP contribution in [0, 0.1) is 23.2 Å². The van der Waals surface area contributed by atoms with Crippen LogP contribution in [0.15, 0.2) is 27.7 Å². The van der Waals surface area contributed by atoms with E-state index in [-0.39, 0.29) is 0 Å². The van der Waals surface area contributed by atoms with Gasteiger partial charge >= 0.3 is 0 Å². The standard InChI is InChI=1S/C19H24BrNO/c20-17-3-4-18(22)16(7-17)11-21-12-19-8-13-1-2-14(9-19)6-15(5-13)10-19/h3-4,7,11,13-15,22H,1-2,5-6,8-10,12H2/t13-,14-,15?,19?/m0/s1. The molecule has 4 saturated carbocycles. The zero-order valence-corrected chi connectivity index (χ0v) is 14.6. The number of aliphatic imine (C=N–C) groups is 1. The number of phenols is 1. The Kier molecular flexibility index (Phi) is 3.80. The van der Waals surface area contributed by atoms with Gasteiger partial charge in [0.15, 0.2) is 0 Å². The lowest BCUT2D eigenvalue weighted by molar-refractivity contribution is 0.0428. The lowest BCUT2D eigenvalue weighted by Crippen LogP contribution is -2.39. The van der Waals surface area contributed by atoms with E-state index >= 15 is 0 Å². The number of nitrogens with zero attached hydrogens (tertiary/aromatic N) is 1. The summed E-state index contributed by atoms with van der Waals surface area (Å²) < 4.78 is 0.985. The topological polar surface area (TPSA) is 32.6 Å². The first-order valence-electron chi connectivity index (χ1n) is 8.60. The van der Waals surface area contributed by atoms with Gasteiger partial charge in [-0.1, -0.05) is 28.8 Å². The Balaban J connectivity index is 1.51. The molecule has 0 aliphatic heterocycles. The molecule has 4 bridgehead atoms. The van der Waals surface area contributed by atoms with E-state index in [1.165, 1.54) is 44.9 Å². The summed E-state index contributed by atoms with van der Waals surface area (Å²) in [4.78, 5) is 4.77. The van der Waals surface area contributed by atoms with E-state index in [9.17, 15) is 5.11 Å². The molecular formula is C19H24BrNO. The lowest BCUT2D eigenvalue weighted by atomic mass is 9.58. The highest BCUT2D eigenvalue weighted by atomic mass is 79.9. The molecule has 22 heavy (non-hydrogen) atoms. The molecule has 4 aliphatic rings. The molecule has 4 aliphatic carbocycles. The minimum absolute atomic E-state index is 0.315. The minimum atomic E-state index is 0.315. The Labute approximate surface area is 141 Å². The first-order chi connectivity index (χ1) is 10.6. The quantitative estimate of drug-likeness (QED) is 0.739. The van der Waals surface area contributed by atoms with Crippen LogP contribution in [0.25, 0.3) is 0 Å². The fourth-order valence-corrected chi connectivity index (χ4v) is 5.91. The van der Waals surface area contributed by atoms with E-state index in [0.29, 0.717) is 11.2 Å². The second-order valence-electron chi connectivity index (χ2n) is 7.93. The molecule has 0 spiro atoms. The summed E-state index contributed by atoms with van der Waals surface area (Å²) in [5, 5.41) is 9.93. The summed E-state index contributed by atoms with van der Waals surface area (Å²) in [7, 11) is 0. The number of aromatic hydroxyl groups is 1. The third-order valence-corrected chi connectivity index (χ3v) is 6.62. The van der Waals surface area contributed by atoms with Gasteiger partial charge in [0.1, 0.15) is 5.75 Å². The van der Waals surface area contributed by atoms with Crippen molar-refractivity contribution in [2.75, 3.05) is 6.54 Å². The Hall–Kier alpha value is -0.830. The first kappa shape index (κ1) is 14.7. The largest absolute Gasteiger partial charge is 0.507 e. The van der Waals surface area contributed by atoms with Crippen molar-refractivity contribution < 1.29 is 5.11 Å². The van der Waals surface area contributed by atoms with E-state index in [0.717, 1.165) is 34.3 Å². The van der Waals surface area contributed by atoms with Gasteiger partial charge in [-0.3, -0.25) is 4.99 Å². The van der Waals surface area contributed by atoms with Crippen LogP contribution in [0.2, 0.25) is 0 Å². The average Bonchev–Trinajstić information content (AvgIpc) is 2.68. The molecule has 2 nitrogen and oxygen atoms in total. The van der Waals surface area contributed by atoms with Crippen LogP contribution < -0.4 is 0 Å². The van der Waals surface area contributed by atoms with Crippen molar-refractivity contribution in [2.45, 2.75) is 44.9 Å². The zero-order valence-electron chi connectivity index (χ0n) is 13.0. The van der Waals surface area contributed by atoms with Gasteiger partial charge in [0.05, 0.1) is 0 Å². The summed E-state index contributed by atoms with van der Waals surface area (Å²) >= 11 is 3.46. The molecule has 4 fully saturated rings. The molecule has 2 atom stereocenters. The summed E-state index contributed by atoms with van der Waals surface area (Å²) in [6, 6.07) is 5.52. The van der Waals surface area contributed by atoms with Crippen molar-refractivity contribution in [1.29, 1.82) is 0 Å². The highest BCUT2D eigenvalue weighted by Crippen LogP contribution is 2.57. The second kappa shape index (κ2) is 5.67. The fraction of sp³-hybridized carbons (Fsp3) is 0.632. The van der Waals surface area contributed by atoms with Gasteiger partial charge in [0.25, 0.3) is 0 Å². The predicted molar refractivity (Wildman–Crippen MR) is 93.5 cm³/mol. The van der Waals surface area contributed by atoms with Crippen LogP contribution in [0.1, 0.15) is 50.5 Å². The number of hydrogen-bond acceptors (Lipinski definition) is 2. The minimum Gasteiger partial charge on any atom is -0.507 e. The predicted octanol–water partition coefficient (Wildman–Crippen LogP) is 5.18. The molecule has 5 rings (SSSR count).